The molecule has 14 rings (SSSR count). The number of hydrogen-bond donors (Lipinski definition) is 1. The van der Waals surface area contributed by atoms with E-state index >= 15 is 0 Å². The maximum Gasteiger partial charge on any atom is 0 e. The van der Waals surface area contributed by atoms with Gasteiger partial charge in [-0.2, -0.15) is 0 Å². The second kappa shape index (κ2) is 64.4. The van der Waals surface area contributed by atoms with Crippen LogP contribution in [0.4, 0.5) is 0 Å². The van der Waals surface area contributed by atoms with Crippen LogP contribution in [0.5, 0.6) is 0 Å². The Balaban J connectivity index is 0.000000565. The number of fused-ring (bicyclic) bond motifs is 4. The van der Waals surface area contributed by atoms with Crippen molar-refractivity contribution in [2.24, 2.45) is 5.92 Å². The number of allylic oxidation sites excluding steroid dienone is 3. The number of rotatable bonds is 31. The third kappa shape index (κ3) is 34.8. The van der Waals surface area contributed by atoms with Gasteiger partial charge in [-0.05, 0) is 233 Å². The van der Waals surface area contributed by atoms with Crippen molar-refractivity contribution in [1.82, 2.24) is 0 Å². The summed E-state index contributed by atoms with van der Waals surface area (Å²) in [6, 6.07) is 115. The van der Waals surface area contributed by atoms with Gasteiger partial charge >= 0.3 is 30.0 Å². The molecule has 5 atom stereocenters. The van der Waals surface area contributed by atoms with Gasteiger partial charge in [-0.3, -0.25) is 0 Å². The van der Waals surface area contributed by atoms with Crippen LogP contribution in [0.2, 0.25) is 0 Å². The molecule has 0 fully saturated rings. The monoisotopic (exact) mass is 1850 g/mol. The largest absolute Gasteiger partial charge is 0 e. The van der Waals surface area contributed by atoms with E-state index in [2.05, 4.69) is 441 Å². The van der Waals surface area contributed by atoms with Crippen molar-refractivity contribution in [3.05, 3.63) is 407 Å². The van der Waals surface area contributed by atoms with Crippen LogP contribution < -0.4 is 0 Å². The van der Waals surface area contributed by atoms with Gasteiger partial charge in [0.15, 0.2) is 0 Å². The maximum atomic E-state index is 4.16. The van der Waals surface area contributed by atoms with Crippen molar-refractivity contribution in [1.29, 1.82) is 0 Å². The van der Waals surface area contributed by atoms with E-state index in [9.17, 15) is 0 Å². The Hall–Kier alpha value is 0.533. The summed E-state index contributed by atoms with van der Waals surface area (Å²) in [5.74, 6) is 2.91. The third-order valence-electron chi connectivity index (χ3n) is 22.7. The third-order valence-corrected chi connectivity index (χ3v) is 22.7. The first kappa shape index (κ1) is 116. The Morgan fingerprint density at radius 2 is 0.570 bits per heavy atom. The Morgan fingerprint density at radius 3 is 0.884 bits per heavy atom. The SMILES string of the molecule is C/C=C/CCC(CCC(CC)c1ccc(-c2ccc(/C=C/c3c4ccccc4c(/C=C/c4ccccc4)c4ccccc34)cc2)cc1)c1ccccc1.C=CC(CCCC)CCC(CCC(C)c1ccc(-c2ccc(/C=C/c3c4ccccc4c(/C=C/c4ccccc4)c4ccccc34)cc2)cc1)c1ccccc1.S=BS.[Ar].[Ar].[Ar].[Ar].[Ar].[Ar].[Ar].[Ar].[Ar]. The molecule has 0 heterocycles. The van der Waals surface area contributed by atoms with Crippen molar-refractivity contribution in [2.75, 3.05) is 0 Å². The van der Waals surface area contributed by atoms with Crippen molar-refractivity contribution < 1.29 is 340 Å². The molecule has 14 aromatic rings. The molecule has 0 radical (unpaired) electrons. The number of unbranched alkanes of at least 4 members (excludes halogenated alkanes) is 1. The molecule has 0 N–H and O–H groups in total. The molecule has 0 nitrogen and oxygen atoms in total. The van der Waals surface area contributed by atoms with Gasteiger partial charge < -0.3 is 0 Å². The first-order chi connectivity index (χ1) is 55.2. The van der Waals surface area contributed by atoms with Gasteiger partial charge in [-0.25, -0.2) is 0 Å². The summed E-state index contributed by atoms with van der Waals surface area (Å²) in [7, 11) is 0. The molecule has 0 aliphatic carbocycles. The second-order valence-corrected chi connectivity index (χ2v) is 30.7. The Bertz CT molecular complexity index is 5350. The molecule has 121 heavy (non-hydrogen) atoms. The van der Waals surface area contributed by atoms with Crippen LogP contribution in [0.15, 0.2) is 340 Å². The van der Waals surface area contributed by atoms with Crippen molar-refractivity contribution in [2.45, 2.75) is 128 Å². The molecule has 0 bridgehead atoms. The summed E-state index contributed by atoms with van der Waals surface area (Å²) >= 11 is 7.61. The summed E-state index contributed by atoms with van der Waals surface area (Å²) < 4.78 is 0. The van der Waals surface area contributed by atoms with Crippen molar-refractivity contribution in [3.63, 3.8) is 0 Å². The predicted octanol–water partition coefficient (Wildman–Crippen LogP) is 32.5. The van der Waals surface area contributed by atoms with Crippen LogP contribution in [-0.4, -0.2) is 5.43 Å². The average Bonchev–Trinajstić information content (AvgIpc) is 0.758. The number of thiol groups is 1. The van der Waals surface area contributed by atoms with Gasteiger partial charge in [0.1, 0.15) is 0 Å². The smallest absolute Gasteiger partial charge is 0 e. The molecular formula is C109H107Ar9BS2. The molecule has 0 aliphatic heterocycles. The fraction of sp³-hybridized carbons (Fsp3) is 0.193. The van der Waals surface area contributed by atoms with Crippen LogP contribution in [0.25, 0.3) is 114 Å². The van der Waals surface area contributed by atoms with Gasteiger partial charge in [0.2, 0.25) is 0 Å². The minimum Gasteiger partial charge on any atom is 0 e. The summed E-state index contributed by atoms with van der Waals surface area (Å²) in [6.45, 7) is 13.3. The van der Waals surface area contributed by atoms with Crippen molar-refractivity contribution in [3.8, 4) is 22.3 Å². The maximum absolute atomic E-state index is 4.16. The van der Waals surface area contributed by atoms with Gasteiger partial charge in [-0.1, -0.05) is 416 Å². The van der Waals surface area contributed by atoms with Gasteiger partial charge in [0.05, 0.1) is 0 Å². The topological polar surface area (TPSA) is 0 Å². The quantitative estimate of drug-likeness (QED) is 0.0149. The van der Waals surface area contributed by atoms with Crippen LogP contribution in [0.3, 0.4) is 0 Å². The molecule has 0 saturated heterocycles. The van der Waals surface area contributed by atoms with Crippen LogP contribution in [0, 0.1) is 346 Å². The van der Waals surface area contributed by atoms with Gasteiger partial charge in [0, 0.05) is 340 Å². The second-order valence-electron chi connectivity index (χ2n) is 29.8. The fourth-order valence-corrected chi connectivity index (χ4v) is 16.2. The fourth-order valence-electron chi connectivity index (χ4n) is 16.2. The minimum atomic E-state index is 0. The molecule has 0 amide bonds. The van der Waals surface area contributed by atoms with E-state index < -0.39 is 0 Å². The zero-order valence-electron chi connectivity index (χ0n) is 69.1. The van der Waals surface area contributed by atoms with Crippen molar-refractivity contribution >= 4 is 122 Å². The zero-order valence-corrected chi connectivity index (χ0v) is 77.1. The number of benzene rings is 14. The normalized spacial score (nSPS) is 12.0. The molecule has 0 aromatic heterocycles. The molecule has 0 spiro atoms. The first-order valence-electron chi connectivity index (χ1n) is 40.8. The average molecular weight is 1850 g/mol. The molecule has 5 unspecified atom stereocenters. The van der Waals surface area contributed by atoms with E-state index in [0.29, 0.717) is 29.6 Å². The van der Waals surface area contributed by atoms with Crippen LogP contribution in [0.1, 0.15) is 195 Å². The summed E-state index contributed by atoms with van der Waals surface area (Å²) in [5.41, 5.74) is 22.0. The Labute approximate surface area is 1000 Å². The Morgan fingerprint density at radius 1 is 0.306 bits per heavy atom. The van der Waals surface area contributed by atoms with E-state index in [4.69, 9.17) is 0 Å². The van der Waals surface area contributed by atoms with Crippen LogP contribution >= 0.6 is 24.5 Å². The molecule has 0 aliphatic rings. The van der Waals surface area contributed by atoms with E-state index in [1.165, 1.54) is 202 Å². The van der Waals surface area contributed by atoms with E-state index in [1.807, 2.05) is 0 Å². The Kier molecular flexibility index (Phi) is 61.6. The first-order valence-corrected chi connectivity index (χ1v) is 41.7. The summed E-state index contributed by atoms with van der Waals surface area (Å²) in [4.78, 5) is 0. The standard InChI is InChI=1S/C56H56.C53H50.9Ar.BHS2/c1-4-6-17-43(5-2)27-33-48(47-20-11-8-12-21-47)32-26-42(3)46-36-38-50(39-37-46)49-34-28-45(29-35-49)31-41-56-53-24-15-13-22-51(53)55(52-23-14-16-25-54(52)56)40-30-44-18-9-7-10-19-44;1-3-5-8-19-44(43-20-11-7-12-21-43)33-32-42(4-2)45-34-36-47(37-35-45)46-30-26-41(27-31-46)29-39-53-50-24-15-13-22-48(50)52(49-23-14-16-25-51(49)53)38-28-40-17-9-6-10-18-40;;;;;;;;;;2-1-3/h5,7-16,18-25,28-31,34-43,48H,2,4,6,17,26-27,32-33H2,1,3H3;3,5-7,9-18,20-31,34-39,42,44H,4,8,19,32-33H2,1-2H3;;;;;;;;;;2H/b40-30+,41-31+;5-3+,38-28+,39-29+;;;;;;;;;;. The molecular weight excluding hydrogens is 1740 g/mol. The van der Waals surface area contributed by atoms with E-state index in [1.54, 1.807) is 0 Å². The van der Waals surface area contributed by atoms with E-state index in [0.717, 1.165) is 12.8 Å². The summed E-state index contributed by atoms with van der Waals surface area (Å²) in [6.07, 6.45) is 39.4. The van der Waals surface area contributed by atoms with Gasteiger partial charge in [-0.15, -0.1) is 6.58 Å². The molecule has 14 aromatic carbocycles. The predicted molar refractivity (Wildman–Crippen MR) is 502 cm³/mol. The number of hydrogen-bond acceptors (Lipinski definition) is 1. The van der Waals surface area contributed by atoms with Gasteiger partial charge in [0.25, 0.3) is 0 Å². The van der Waals surface area contributed by atoms with E-state index in [-0.39, 0.29) is 340 Å². The summed E-state index contributed by atoms with van der Waals surface area (Å²) in [5, 5.41) is 10.1. The molecule has 630 valence electrons. The molecule has 0 saturated carbocycles. The van der Waals surface area contributed by atoms with Crippen LogP contribution in [-0.2, 0) is 0 Å². The molecule has 12 heteroatoms. The zero-order chi connectivity index (χ0) is 77.5. The minimum absolute atomic E-state index is 0.